The molecule has 0 aliphatic rings. The molecule has 1 aromatic heterocycles. The molecule has 0 fully saturated rings. The summed E-state index contributed by atoms with van der Waals surface area (Å²) in [5.41, 5.74) is 2.55. The van der Waals surface area contributed by atoms with Crippen LogP contribution in [0.3, 0.4) is 0 Å². The zero-order chi connectivity index (χ0) is 17.0. The van der Waals surface area contributed by atoms with Gasteiger partial charge in [-0.25, -0.2) is 9.48 Å². The molecule has 23 heavy (non-hydrogen) atoms. The summed E-state index contributed by atoms with van der Waals surface area (Å²) in [6, 6.07) is 5.59. The molecule has 6 nitrogen and oxygen atoms in total. The molecule has 0 bridgehead atoms. The van der Waals surface area contributed by atoms with E-state index in [1.54, 1.807) is 10.7 Å². The van der Waals surface area contributed by atoms with Crippen LogP contribution in [0.15, 0.2) is 40.9 Å². The number of carbonyl (C=O) groups is 1. The van der Waals surface area contributed by atoms with E-state index in [1.165, 1.54) is 20.5 Å². The van der Waals surface area contributed by atoms with Gasteiger partial charge in [0, 0.05) is 12.3 Å². The van der Waals surface area contributed by atoms with Crippen molar-refractivity contribution >= 4 is 21.9 Å². The third-order valence-corrected chi connectivity index (χ3v) is 3.89. The molecule has 0 N–H and O–H groups in total. The lowest BCUT2D eigenvalue weighted by Crippen LogP contribution is -2.12. The quantitative estimate of drug-likeness (QED) is 0.452. The molecule has 0 saturated heterocycles. The van der Waals surface area contributed by atoms with Crippen molar-refractivity contribution in [2.75, 3.05) is 14.2 Å². The van der Waals surface area contributed by atoms with Crippen molar-refractivity contribution in [1.29, 1.82) is 0 Å². The summed E-state index contributed by atoms with van der Waals surface area (Å²) < 4.78 is 17.8. The average Bonchev–Trinajstić information content (AvgIpc) is 2.87. The lowest BCUT2D eigenvalue weighted by atomic mass is 10.2. The molecule has 0 atom stereocenters. The van der Waals surface area contributed by atoms with Gasteiger partial charge in [0.05, 0.1) is 30.1 Å². The smallest absolute Gasteiger partial charge is 0.377 e. The van der Waals surface area contributed by atoms with Crippen molar-refractivity contribution in [3.8, 4) is 11.4 Å². The maximum Gasteiger partial charge on any atom is 0.377 e. The Bertz CT molecular complexity index is 733. The van der Waals surface area contributed by atoms with Gasteiger partial charge in [0.25, 0.3) is 0 Å². The van der Waals surface area contributed by atoms with E-state index in [0.717, 1.165) is 21.4 Å². The van der Waals surface area contributed by atoms with Crippen LogP contribution < -0.4 is 4.74 Å². The minimum absolute atomic E-state index is 0.0342. The highest BCUT2D eigenvalue weighted by Crippen LogP contribution is 2.25. The minimum Gasteiger partial charge on any atom is -0.500 e. The van der Waals surface area contributed by atoms with Gasteiger partial charge in [-0.3, -0.25) is 0 Å². The maximum absolute atomic E-state index is 11.7. The van der Waals surface area contributed by atoms with Crippen LogP contribution in [-0.4, -0.2) is 30.0 Å². The van der Waals surface area contributed by atoms with Gasteiger partial charge < -0.3 is 14.2 Å². The molecule has 1 heterocycles. The molecular formula is C16H17BrN2O4. The standard InChI is InChI=1S/C16H17BrN2O4/c1-10-5-6-12(19-8-13(17)11(2)18-19)7-14(10)23-15(9-21-3)16(20)22-4/h5-9H,1-4H3/b15-9-. The van der Waals surface area contributed by atoms with Gasteiger partial charge in [0.1, 0.15) is 12.0 Å². The van der Waals surface area contributed by atoms with Crippen molar-refractivity contribution < 1.29 is 19.0 Å². The van der Waals surface area contributed by atoms with Crippen LogP contribution in [-0.2, 0) is 14.3 Å². The zero-order valence-corrected chi connectivity index (χ0v) is 14.9. The molecule has 1 aromatic carbocycles. The molecular weight excluding hydrogens is 364 g/mol. The van der Waals surface area contributed by atoms with Gasteiger partial charge in [0.15, 0.2) is 0 Å². The molecule has 2 rings (SSSR count). The Kier molecular flexibility index (Phi) is 5.44. The van der Waals surface area contributed by atoms with Crippen LogP contribution in [0.25, 0.3) is 5.69 Å². The molecule has 0 spiro atoms. The predicted octanol–water partition coefficient (Wildman–Crippen LogP) is 3.29. The lowest BCUT2D eigenvalue weighted by Gasteiger charge is -2.12. The predicted molar refractivity (Wildman–Crippen MR) is 88.5 cm³/mol. The topological polar surface area (TPSA) is 62.6 Å². The summed E-state index contributed by atoms with van der Waals surface area (Å²) in [5, 5.41) is 4.40. The maximum atomic E-state index is 11.7. The SMILES string of the molecule is CO/C=C(\Oc1cc(-n2cc(Br)c(C)n2)ccc1C)C(=O)OC. The van der Waals surface area contributed by atoms with Crippen LogP contribution in [0.4, 0.5) is 0 Å². The Hall–Kier alpha value is -2.28. The van der Waals surface area contributed by atoms with Crippen LogP contribution >= 0.6 is 15.9 Å². The van der Waals surface area contributed by atoms with Crippen molar-refractivity contribution in [2.24, 2.45) is 0 Å². The van der Waals surface area contributed by atoms with E-state index < -0.39 is 5.97 Å². The largest absolute Gasteiger partial charge is 0.500 e. The van der Waals surface area contributed by atoms with Gasteiger partial charge in [-0.05, 0) is 41.4 Å². The second kappa shape index (κ2) is 7.32. The van der Waals surface area contributed by atoms with Crippen molar-refractivity contribution in [2.45, 2.75) is 13.8 Å². The number of benzene rings is 1. The first-order valence-corrected chi connectivity index (χ1v) is 7.57. The van der Waals surface area contributed by atoms with E-state index in [4.69, 9.17) is 9.47 Å². The highest BCUT2D eigenvalue weighted by molar-refractivity contribution is 9.10. The van der Waals surface area contributed by atoms with Gasteiger partial charge in [-0.1, -0.05) is 6.07 Å². The Labute approximate surface area is 142 Å². The molecule has 2 aromatic rings. The number of aryl methyl sites for hydroxylation is 2. The number of rotatable bonds is 5. The summed E-state index contributed by atoms with van der Waals surface area (Å²) in [6.45, 7) is 3.79. The minimum atomic E-state index is -0.616. The number of carbonyl (C=O) groups excluding carboxylic acids is 1. The highest BCUT2D eigenvalue weighted by Gasteiger charge is 2.15. The lowest BCUT2D eigenvalue weighted by molar-refractivity contribution is -0.138. The summed E-state index contributed by atoms with van der Waals surface area (Å²) in [7, 11) is 2.71. The van der Waals surface area contributed by atoms with Gasteiger partial charge in [-0.15, -0.1) is 0 Å². The molecule has 0 amide bonds. The number of ether oxygens (including phenoxy) is 3. The Morgan fingerprint density at radius 1 is 1.30 bits per heavy atom. The van der Waals surface area contributed by atoms with E-state index >= 15 is 0 Å². The molecule has 0 saturated carbocycles. The fourth-order valence-electron chi connectivity index (χ4n) is 1.85. The van der Waals surface area contributed by atoms with Gasteiger partial charge in [-0.2, -0.15) is 5.10 Å². The normalized spacial score (nSPS) is 11.3. The van der Waals surface area contributed by atoms with Gasteiger partial charge in [0.2, 0.25) is 5.76 Å². The Balaban J connectivity index is 2.37. The monoisotopic (exact) mass is 380 g/mol. The molecule has 0 aliphatic carbocycles. The molecule has 7 heteroatoms. The van der Waals surface area contributed by atoms with Crippen LogP contribution in [0, 0.1) is 13.8 Å². The van der Waals surface area contributed by atoms with Crippen LogP contribution in [0.1, 0.15) is 11.3 Å². The van der Waals surface area contributed by atoms with Crippen molar-refractivity contribution in [3.63, 3.8) is 0 Å². The fourth-order valence-corrected chi connectivity index (χ4v) is 2.13. The van der Waals surface area contributed by atoms with E-state index in [1.807, 2.05) is 32.2 Å². The summed E-state index contributed by atoms with van der Waals surface area (Å²) in [5.74, 6) is -0.136. The summed E-state index contributed by atoms with van der Waals surface area (Å²) in [6.07, 6.45) is 3.06. The molecule has 0 radical (unpaired) electrons. The zero-order valence-electron chi connectivity index (χ0n) is 13.3. The van der Waals surface area contributed by atoms with Crippen molar-refractivity contribution in [1.82, 2.24) is 9.78 Å². The number of halogens is 1. The first kappa shape index (κ1) is 17.1. The summed E-state index contributed by atoms with van der Waals surface area (Å²) in [4.78, 5) is 11.7. The molecule has 0 unspecified atom stereocenters. The molecule has 0 aliphatic heterocycles. The van der Waals surface area contributed by atoms with Crippen LogP contribution in [0.5, 0.6) is 5.75 Å². The number of hydrogen-bond acceptors (Lipinski definition) is 5. The Morgan fingerprint density at radius 2 is 2.04 bits per heavy atom. The van der Waals surface area contributed by atoms with E-state index in [0.29, 0.717) is 5.75 Å². The molecule has 122 valence electrons. The van der Waals surface area contributed by atoms with E-state index in [9.17, 15) is 4.79 Å². The first-order valence-electron chi connectivity index (χ1n) is 6.78. The third kappa shape index (κ3) is 3.92. The second-order valence-electron chi connectivity index (χ2n) is 4.77. The summed E-state index contributed by atoms with van der Waals surface area (Å²) >= 11 is 3.43. The number of hydrogen-bond donors (Lipinski definition) is 0. The van der Waals surface area contributed by atoms with Gasteiger partial charge >= 0.3 is 5.97 Å². The second-order valence-corrected chi connectivity index (χ2v) is 5.62. The third-order valence-electron chi connectivity index (χ3n) is 3.11. The number of methoxy groups -OCH3 is 2. The van der Waals surface area contributed by atoms with E-state index in [-0.39, 0.29) is 5.76 Å². The number of nitrogens with zero attached hydrogens (tertiary/aromatic N) is 2. The first-order chi connectivity index (χ1) is 11.0. The average molecular weight is 381 g/mol. The highest BCUT2D eigenvalue weighted by atomic mass is 79.9. The van der Waals surface area contributed by atoms with Crippen molar-refractivity contribution in [3.05, 3.63) is 52.1 Å². The number of aromatic nitrogens is 2. The van der Waals surface area contributed by atoms with E-state index in [2.05, 4.69) is 25.8 Å². The number of esters is 1. The Morgan fingerprint density at radius 3 is 2.61 bits per heavy atom. The fraction of sp³-hybridized carbons (Fsp3) is 0.250. The van der Waals surface area contributed by atoms with Crippen LogP contribution in [0.2, 0.25) is 0 Å².